The number of hydrogen-bond donors (Lipinski definition) is 1. The molecule has 6 nitrogen and oxygen atoms in total. The molecule has 1 fully saturated rings. The van der Waals surface area contributed by atoms with Crippen LogP contribution in [0.5, 0.6) is 11.5 Å². The molecule has 2 aliphatic rings. The highest BCUT2D eigenvalue weighted by Crippen LogP contribution is 2.51. The van der Waals surface area contributed by atoms with Crippen LogP contribution in [0.25, 0.3) is 11.1 Å². The number of ketones is 1. The Morgan fingerprint density at radius 3 is 2.50 bits per heavy atom. The van der Waals surface area contributed by atoms with Crippen LogP contribution in [0.4, 0.5) is 0 Å². The molecule has 0 aromatic heterocycles. The molecule has 1 aliphatic heterocycles. The van der Waals surface area contributed by atoms with Crippen LogP contribution < -0.4 is 14.6 Å². The third-order valence-electron chi connectivity index (χ3n) is 6.48. The van der Waals surface area contributed by atoms with E-state index in [9.17, 15) is 13.2 Å². The molecule has 2 N–H and O–H groups in total. The summed E-state index contributed by atoms with van der Waals surface area (Å²) in [6.07, 6.45) is 1.95. The summed E-state index contributed by atoms with van der Waals surface area (Å²) in [7, 11) is -3.79. The summed E-state index contributed by atoms with van der Waals surface area (Å²) in [4.78, 5) is 13.5. The molecule has 0 radical (unpaired) electrons. The summed E-state index contributed by atoms with van der Waals surface area (Å²) in [5, 5.41) is 5.29. The Morgan fingerprint density at radius 2 is 1.75 bits per heavy atom. The first kappa shape index (κ1) is 20.7. The molecule has 3 aromatic rings. The molecule has 0 spiro atoms. The second-order valence-electron chi connectivity index (χ2n) is 8.41. The number of Topliss-reactive ketones (excluding diaryl/α,β-unsaturated/α-hetero) is 1. The van der Waals surface area contributed by atoms with Gasteiger partial charge in [-0.25, -0.2) is 13.6 Å². The van der Waals surface area contributed by atoms with Crippen molar-refractivity contribution in [1.29, 1.82) is 0 Å². The second-order valence-corrected chi connectivity index (χ2v) is 9.97. The lowest BCUT2D eigenvalue weighted by Gasteiger charge is -2.17. The highest BCUT2D eigenvalue weighted by molar-refractivity contribution is 7.89. The van der Waals surface area contributed by atoms with Crippen molar-refractivity contribution in [3.63, 3.8) is 0 Å². The number of nitrogens with two attached hydrogens (primary N) is 1. The van der Waals surface area contributed by atoms with Gasteiger partial charge in [0.25, 0.3) is 0 Å². The third kappa shape index (κ3) is 3.57. The molecule has 1 aliphatic carbocycles. The minimum atomic E-state index is -3.79. The van der Waals surface area contributed by atoms with Crippen LogP contribution in [0.3, 0.4) is 0 Å². The number of primary sulfonamides is 1. The summed E-state index contributed by atoms with van der Waals surface area (Å²) in [5.74, 6) is 1.58. The smallest absolute Gasteiger partial charge is 0.238 e. The number of carbonyl (C=O) groups is 1. The van der Waals surface area contributed by atoms with Gasteiger partial charge in [0.1, 0.15) is 5.78 Å². The second kappa shape index (κ2) is 7.46. The summed E-state index contributed by atoms with van der Waals surface area (Å²) >= 11 is 0. The van der Waals surface area contributed by atoms with Gasteiger partial charge in [-0.3, -0.25) is 4.79 Å². The third-order valence-corrected chi connectivity index (χ3v) is 7.39. The van der Waals surface area contributed by atoms with Crippen LogP contribution in [0, 0.1) is 6.92 Å². The van der Waals surface area contributed by atoms with Crippen LogP contribution in [-0.2, 0) is 26.7 Å². The Morgan fingerprint density at radius 1 is 1.00 bits per heavy atom. The van der Waals surface area contributed by atoms with Crippen LogP contribution in [0.15, 0.2) is 65.6 Å². The number of hydrogen-bond acceptors (Lipinski definition) is 5. The van der Waals surface area contributed by atoms with Crippen molar-refractivity contribution in [1.82, 2.24) is 0 Å². The van der Waals surface area contributed by atoms with E-state index in [0.717, 1.165) is 40.7 Å². The maximum absolute atomic E-state index is 13.4. The van der Waals surface area contributed by atoms with Gasteiger partial charge in [0.2, 0.25) is 16.8 Å². The molecule has 3 aromatic carbocycles. The van der Waals surface area contributed by atoms with Gasteiger partial charge < -0.3 is 9.47 Å². The van der Waals surface area contributed by atoms with E-state index in [4.69, 9.17) is 14.6 Å². The topological polar surface area (TPSA) is 95.7 Å². The molecule has 5 rings (SSSR count). The molecule has 164 valence electrons. The summed E-state index contributed by atoms with van der Waals surface area (Å²) < 4.78 is 34.4. The fraction of sp³-hybridized carbons (Fsp3) is 0.240. The van der Waals surface area contributed by atoms with Crippen LogP contribution in [0.2, 0.25) is 0 Å². The summed E-state index contributed by atoms with van der Waals surface area (Å²) in [6.45, 7) is 2.17. The first-order chi connectivity index (χ1) is 15.3. The summed E-state index contributed by atoms with van der Waals surface area (Å²) in [5.41, 5.74) is 4.02. The van der Waals surface area contributed by atoms with Crippen molar-refractivity contribution in [3.05, 3.63) is 77.4 Å². The Labute approximate surface area is 187 Å². The highest BCUT2D eigenvalue weighted by atomic mass is 32.2. The molecule has 0 amide bonds. The van der Waals surface area contributed by atoms with Gasteiger partial charge in [-0.05, 0) is 71.8 Å². The van der Waals surface area contributed by atoms with Gasteiger partial charge in [-0.2, -0.15) is 0 Å². The lowest BCUT2D eigenvalue weighted by Crippen LogP contribution is -2.23. The highest BCUT2D eigenvalue weighted by Gasteiger charge is 2.50. The predicted molar refractivity (Wildman–Crippen MR) is 120 cm³/mol. The number of ether oxygens (including phenoxy) is 2. The number of fused-ring (bicyclic) bond motifs is 1. The van der Waals surface area contributed by atoms with E-state index in [-0.39, 0.29) is 17.5 Å². The molecule has 0 atom stereocenters. The molecular weight excluding hydrogens is 426 g/mol. The number of sulfonamides is 1. The Hall–Kier alpha value is -3.16. The van der Waals surface area contributed by atoms with Gasteiger partial charge in [0, 0.05) is 6.42 Å². The molecule has 7 heteroatoms. The van der Waals surface area contributed by atoms with Gasteiger partial charge in [-0.1, -0.05) is 36.4 Å². The van der Waals surface area contributed by atoms with Gasteiger partial charge in [0.15, 0.2) is 11.5 Å². The Kier molecular flexibility index (Phi) is 4.83. The molecule has 0 bridgehead atoms. The fourth-order valence-electron chi connectivity index (χ4n) is 4.42. The van der Waals surface area contributed by atoms with Crippen molar-refractivity contribution in [2.24, 2.45) is 5.14 Å². The minimum Gasteiger partial charge on any atom is -0.454 e. The first-order valence-corrected chi connectivity index (χ1v) is 12.0. The zero-order valence-corrected chi connectivity index (χ0v) is 18.4. The van der Waals surface area contributed by atoms with E-state index in [0.29, 0.717) is 17.9 Å². The van der Waals surface area contributed by atoms with Crippen LogP contribution in [-0.4, -0.2) is 21.0 Å². The molecule has 0 saturated heterocycles. The molecule has 32 heavy (non-hydrogen) atoms. The Balaban J connectivity index is 1.44. The van der Waals surface area contributed by atoms with Gasteiger partial charge in [-0.15, -0.1) is 0 Å². The van der Waals surface area contributed by atoms with Crippen molar-refractivity contribution in [3.8, 4) is 22.6 Å². The monoisotopic (exact) mass is 449 g/mol. The largest absolute Gasteiger partial charge is 0.454 e. The van der Waals surface area contributed by atoms with E-state index >= 15 is 0 Å². The molecule has 0 unspecified atom stereocenters. The van der Waals surface area contributed by atoms with E-state index in [1.807, 2.05) is 49.4 Å². The SMILES string of the molecule is Cc1c(CC(=O)C2(c3ccc4c(c3)OCO4)CC2)cccc1-c1cccc(S(N)(=O)=O)c1. The normalized spacial score (nSPS) is 16.1. The number of rotatable bonds is 6. The maximum atomic E-state index is 13.4. The molecule has 1 heterocycles. The van der Waals surface area contributed by atoms with Crippen LogP contribution in [0.1, 0.15) is 29.5 Å². The van der Waals surface area contributed by atoms with Crippen molar-refractivity contribution in [2.45, 2.75) is 36.5 Å². The zero-order chi connectivity index (χ0) is 22.5. The number of benzene rings is 3. The maximum Gasteiger partial charge on any atom is 0.238 e. The fourth-order valence-corrected chi connectivity index (χ4v) is 4.98. The predicted octanol–water partition coefficient (Wildman–Crippen LogP) is 3.88. The average Bonchev–Trinajstić information content (AvgIpc) is 3.45. The van der Waals surface area contributed by atoms with Crippen LogP contribution >= 0.6 is 0 Å². The quantitative estimate of drug-likeness (QED) is 0.616. The van der Waals surface area contributed by atoms with Crippen molar-refractivity contribution in [2.75, 3.05) is 6.79 Å². The molecule has 1 saturated carbocycles. The average molecular weight is 450 g/mol. The van der Waals surface area contributed by atoms with E-state index in [1.165, 1.54) is 6.07 Å². The zero-order valence-electron chi connectivity index (χ0n) is 17.6. The van der Waals surface area contributed by atoms with E-state index in [1.54, 1.807) is 12.1 Å². The minimum absolute atomic E-state index is 0.0654. The van der Waals surface area contributed by atoms with Gasteiger partial charge in [0.05, 0.1) is 10.3 Å². The standard InChI is InChI=1S/C25H23NO5S/c1-16-17(4-3-7-21(16)18-5-2-6-20(12-18)32(26,28)29)13-24(27)25(10-11-25)19-8-9-22-23(14-19)31-15-30-22/h2-9,12,14H,10-11,13,15H2,1H3,(H2,26,28,29). The van der Waals surface area contributed by atoms with Crippen molar-refractivity contribution >= 4 is 15.8 Å². The lowest BCUT2D eigenvalue weighted by molar-refractivity contribution is -0.120. The van der Waals surface area contributed by atoms with Gasteiger partial charge >= 0.3 is 0 Å². The van der Waals surface area contributed by atoms with E-state index in [2.05, 4.69) is 0 Å². The lowest BCUT2D eigenvalue weighted by atomic mass is 9.86. The first-order valence-electron chi connectivity index (χ1n) is 10.4. The van der Waals surface area contributed by atoms with Crippen molar-refractivity contribution < 1.29 is 22.7 Å². The molecular formula is C25H23NO5S. The van der Waals surface area contributed by atoms with E-state index < -0.39 is 15.4 Å². The number of carbonyl (C=O) groups excluding carboxylic acids is 1. The Bertz CT molecular complexity index is 1340. The summed E-state index contributed by atoms with van der Waals surface area (Å²) in [6, 6.07) is 18.1.